The summed E-state index contributed by atoms with van der Waals surface area (Å²) >= 11 is 3.38. The molecule has 2 aliphatic heterocycles. The van der Waals surface area contributed by atoms with Gasteiger partial charge in [-0.05, 0) is 49.6 Å². The molecular weight excluding hydrogens is 422 g/mol. The lowest BCUT2D eigenvalue weighted by molar-refractivity contribution is -0.125. The standard InChI is InChI=1S/C21H20BrN3O3/c22-14-6-5-7-15(12-14)23-19(26)13-25-17-9-2-1-8-16(17)20(27)24-11-4-3-10-18(24)21(25)28/h1-2,5-9,12,18H,3-4,10-11,13H2,(H,23,26). The Bertz CT molecular complexity index is 946. The van der Waals surface area contributed by atoms with E-state index in [1.54, 1.807) is 41.3 Å². The molecule has 7 heteroatoms. The largest absolute Gasteiger partial charge is 0.327 e. The van der Waals surface area contributed by atoms with Crippen LogP contribution in [-0.2, 0) is 9.59 Å². The van der Waals surface area contributed by atoms with Crippen molar-refractivity contribution in [2.45, 2.75) is 25.3 Å². The Morgan fingerprint density at radius 3 is 2.75 bits per heavy atom. The number of piperidine rings is 1. The van der Waals surface area contributed by atoms with Gasteiger partial charge in [-0.3, -0.25) is 14.4 Å². The van der Waals surface area contributed by atoms with E-state index in [2.05, 4.69) is 21.2 Å². The number of carbonyl (C=O) groups is 3. The van der Waals surface area contributed by atoms with Gasteiger partial charge < -0.3 is 15.1 Å². The lowest BCUT2D eigenvalue weighted by Crippen LogP contribution is -2.52. The Balaban J connectivity index is 1.64. The molecule has 2 aliphatic rings. The highest BCUT2D eigenvalue weighted by molar-refractivity contribution is 9.10. The lowest BCUT2D eigenvalue weighted by atomic mass is 10.0. The topological polar surface area (TPSA) is 69.7 Å². The van der Waals surface area contributed by atoms with Crippen LogP contribution in [0.5, 0.6) is 0 Å². The van der Waals surface area contributed by atoms with E-state index in [-0.39, 0.29) is 24.3 Å². The monoisotopic (exact) mass is 441 g/mol. The number of fused-ring (bicyclic) bond motifs is 2. The fourth-order valence-corrected chi connectivity index (χ4v) is 4.25. The van der Waals surface area contributed by atoms with Crippen molar-refractivity contribution in [2.75, 3.05) is 23.3 Å². The maximum absolute atomic E-state index is 13.3. The zero-order valence-corrected chi connectivity index (χ0v) is 16.8. The van der Waals surface area contributed by atoms with E-state index in [9.17, 15) is 14.4 Å². The van der Waals surface area contributed by atoms with Crippen LogP contribution in [-0.4, -0.2) is 41.8 Å². The molecule has 1 atom stereocenters. The van der Waals surface area contributed by atoms with Crippen LogP contribution in [0.1, 0.15) is 29.6 Å². The third-order valence-electron chi connectivity index (χ3n) is 5.15. The molecule has 1 saturated heterocycles. The number of carbonyl (C=O) groups excluding carboxylic acids is 3. The van der Waals surface area contributed by atoms with Crippen molar-refractivity contribution < 1.29 is 14.4 Å². The van der Waals surface area contributed by atoms with Crippen molar-refractivity contribution in [1.29, 1.82) is 0 Å². The van der Waals surface area contributed by atoms with Crippen LogP contribution in [0.4, 0.5) is 11.4 Å². The van der Waals surface area contributed by atoms with Crippen LogP contribution < -0.4 is 10.2 Å². The van der Waals surface area contributed by atoms with Crippen molar-refractivity contribution in [1.82, 2.24) is 4.90 Å². The number of nitrogens with one attached hydrogen (secondary N) is 1. The molecule has 0 aliphatic carbocycles. The second kappa shape index (κ2) is 7.75. The molecule has 144 valence electrons. The van der Waals surface area contributed by atoms with Gasteiger partial charge in [0.2, 0.25) is 11.8 Å². The molecule has 3 amide bonds. The SMILES string of the molecule is O=C(CN1C(=O)C2CCCCN2C(=O)c2ccccc21)Nc1cccc(Br)c1. The number of halogens is 1. The summed E-state index contributed by atoms with van der Waals surface area (Å²) in [7, 11) is 0. The minimum Gasteiger partial charge on any atom is -0.327 e. The first kappa shape index (κ1) is 18.7. The Kier molecular flexibility index (Phi) is 5.17. The predicted octanol–water partition coefficient (Wildman–Crippen LogP) is 3.43. The van der Waals surface area contributed by atoms with Gasteiger partial charge in [0.25, 0.3) is 5.91 Å². The molecule has 0 radical (unpaired) electrons. The second-order valence-electron chi connectivity index (χ2n) is 7.01. The third-order valence-corrected chi connectivity index (χ3v) is 5.64. The Morgan fingerprint density at radius 1 is 1.11 bits per heavy atom. The Labute approximate surface area is 171 Å². The average Bonchev–Trinajstić information content (AvgIpc) is 2.78. The van der Waals surface area contributed by atoms with Gasteiger partial charge in [-0.25, -0.2) is 0 Å². The van der Waals surface area contributed by atoms with Gasteiger partial charge in [0.05, 0.1) is 11.3 Å². The number of hydrogen-bond donors (Lipinski definition) is 1. The Morgan fingerprint density at radius 2 is 1.93 bits per heavy atom. The normalized spacial score (nSPS) is 19.0. The van der Waals surface area contributed by atoms with E-state index in [0.29, 0.717) is 29.9 Å². The van der Waals surface area contributed by atoms with E-state index in [1.165, 1.54) is 4.90 Å². The first-order valence-corrected chi connectivity index (χ1v) is 10.1. The summed E-state index contributed by atoms with van der Waals surface area (Å²) in [5, 5.41) is 2.82. The quantitative estimate of drug-likeness (QED) is 0.792. The van der Waals surface area contributed by atoms with E-state index in [4.69, 9.17) is 0 Å². The number of benzene rings is 2. The van der Waals surface area contributed by atoms with Gasteiger partial charge in [-0.1, -0.05) is 34.1 Å². The predicted molar refractivity (Wildman–Crippen MR) is 110 cm³/mol. The second-order valence-corrected chi connectivity index (χ2v) is 7.93. The fraction of sp³-hybridized carbons (Fsp3) is 0.286. The van der Waals surface area contributed by atoms with Crippen LogP contribution >= 0.6 is 15.9 Å². The molecule has 28 heavy (non-hydrogen) atoms. The molecule has 2 aromatic carbocycles. The fourth-order valence-electron chi connectivity index (χ4n) is 3.85. The van der Waals surface area contributed by atoms with Crippen molar-refractivity contribution in [3.63, 3.8) is 0 Å². The summed E-state index contributed by atoms with van der Waals surface area (Å²) in [4.78, 5) is 42.1. The first-order chi connectivity index (χ1) is 13.5. The summed E-state index contributed by atoms with van der Waals surface area (Å²) in [6.45, 7) is 0.432. The molecule has 6 nitrogen and oxygen atoms in total. The number of para-hydroxylation sites is 1. The number of rotatable bonds is 3. The van der Waals surface area contributed by atoms with E-state index in [0.717, 1.165) is 17.3 Å². The third kappa shape index (κ3) is 3.54. The molecule has 0 spiro atoms. The molecule has 0 saturated carbocycles. The minimum absolute atomic E-state index is 0.136. The van der Waals surface area contributed by atoms with Gasteiger partial charge in [0, 0.05) is 16.7 Å². The maximum Gasteiger partial charge on any atom is 0.256 e. The van der Waals surface area contributed by atoms with Crippen molar-refractivity contribution >= 4 is 45.0 Å². The smallest absolute Gasteiger partial charge is 0.256 e. The zero-order valence-electron chi connectivity index (χ0n) is 15.2. The summed E-state index contributed by atoms with van der Waals surface area (Å²) in [6.07, 6.45) is 2.41. The molecule has 0 bridgehead atoms. The van der Waals surface area contributed by atoms with Crippen LogP contribution in [0.25, 0.3) is 0 Å². The van der Waals surface area contributed by atoms with Crippen LogP contribution in [0, 0.1) is 0 Å². The molecule has 1 unspecified atom stereocenters. The number of nitrogens with zero attached hydrogens (tertiary/aromatic N) is 2. The van der Waals surface area contributed by atoms with Gasteiger partial charge in [0.1, 0.15) is 12.6 Å². The van der Waals surface area contributed by atoms with Gasteiger partial charge in [0.15, 0.2) is 0 Å². The van der Waals surface area contributed by atoms with Crippen LogP contribution in [0.2, 0.25) is 0 Å². The molecule has 2 heterocycles. The molecule has 1 fully saturated rings. The lowest BCUT2D eigenvalue weighted by Gasteiger charge is -2.34. The maximum atomic E-state index is 13.3. The van der Waals surface area contributed by atoms with E-state index >= 15 is 0 Å². The van der Waals surface area contributed by atoms with E-state index in [1.807, 2.05) is 12.1 Å². The van der Waals surface area contributed by atoms with Gasteiger partial charge >= 0.3 is 0 Å². The Hall–Kier alpha value is -2.67. The molecular formula is C21H20BrN3O3. The number of anilines is 2. The van der Waals surface area contributed by atoms with Gasteiger partial charge in [-0.2, -0.15) is 0 Å². The highest BCUT2D eigenvalue weighted by atomic mass is 79.9. The number of hydrogen-bond acceptors (Lipinski definition) is 3. The average molecular weight is 442 g/mol. The summed E-state index contributed by atoms with van der Waals surface area (Å²) < 4.78 is 0.852. The molecule has 1 N–H and O–H groups in total. The van der Waals surface area contributed by atoms with Crippen LogP contribution in [0.15, 0.2) is 53.0 Å². The molecule has 4 rings (SSSR count). The number of amides is 3. The molecule has 2 aromatic rings. The van der Waals surface area contributed by atoms with Crippen molar-refractivity contribution in [3.8, 4) is 0 Å². The first-order valence-electron chi connectivity index (χ1n) is 9.31. The van der Waals surface area contributed by atoms with Crippen molar-refractivity contribution in [3.05, 3.63) is 58.6 Å². The molecule has 0 aromatic heterocycles. The van der Waals surface area contributed by atoms with Gasteiger partial charge in [-0.15, -0.1) is 0 Å². The van der Waals surface area contributed by atoms with Crippen molar-refractivity contribution in [2.24, 2.45) is 0 Å². The minimum atomic E-state index is -0.507. The summed E-state index contributed by atoms with van der Waals surface area (Å²) in [5.41, 5.74) is 1.61. The zero-order chi connectivity index (χ0) is 19.7. The highest BCUT2D eigenvalue weighted by Crippen LogP contribution is 2.31. The summed E-state index contributed by atoms with van der Waals surface area (Å²) in [5.74, 6) is -0.635. The van der Waals surface area contributed by atoms with Crippen LogP contribution in [0.3, 0.4) is 0 Å². The summed E-state index contributed by atoms with van der Waals surface area (Å²) in [6, 6.07) is 13.8. The van der Waals surface area contributed by atoms with E-state index < -0.39 is 6.04 Å². The highest BCUT2D eigenvalue weighted by Gasteiger charge is 2.40.